The first-order valence-corrected chi connectivity index (χ1v) is 4.83. The first kappa shape index (κ1) is 11.7. The summed E-state index contributed by atoms with van der Waals surface area (Å²) in [5, 5.41) is 0. The molecular formula is C11H23N. The Morgan fingerprint density at radius 1 is 1.33 bits per heavy atom. The summed E-state index contributed by atoms with van der Waals surface area (Å²) in [5.41, 5.74) is 1.36. The molecule has 0 aromatic carbocycles. The maximum atomic E-state index is 4.11. The van der Waals surface area contributed by atoms with E-state index in [0.29, 0.717) is 6.04 Å². The van der Waals surface area contributed by atoms with Crippen molar-refractivity contribution in [3.05, 3.63) is 12.2 Å². The van der Waals surface area contributed by atoms with Crippen LogP contribution in [0.4, 0.5) is 0 Å². The van der Waals surface area contributed by atoms with Gasteiger partial charge in [0.2, 0.25) is 0 Å². The zero-order valence-electron chi connectivity index (χ0n) is 9.22. The Kier molecular flexibility index (Phi) is 5.23. The summed E-state index contributed by atoms with van der Waals surface area (Å²) in [7, 11) is 4.27. The summed E-state index contributed by atoms with van der Waals surface area (Å²) in [6.45, 7) is 10.8. The third-order valence-corrected chi connectivity index (χ3v) is 2.24. The average Bonchev–Trinajstić information content (AvgIpc) is 1.98. The highest BCUT2D eigenvalue weighted by Gasteiger charge is 2.14. The molecular weight excluding hydrogens is 146 g/mol. The van der Waals surface area contributed by atoms with Crippen molar-refractivity contribution in [1.29, 1.82) is 0 Å². The second-order valence-corrected chi connectivity index (χ2v) is 4.12. The van der Waals surface area contributed by atoms with Gasteiger partial charge in [0.25, 0.3) is 0 Å². The minimum atomic E-state index is 0.565. The number of nitrogens with zero attached hydrogens (tertiary/aromatic N) is 1. The molecule has 1 unspecified atom stereocenters. The lowest BCUT2D eigenvalue weighted by atomic mass is 9.96. The van der Waals surface area contributed by atoms with E-state index in [0.717, 1.165) is 12.3 Å². The molecule has 1 heteroatoms. The number of hydrogen-bond donors (Lipinski definition) is 0. The molecule has 0 radical (unpaired) electrons. The van der Waals surface area contributed by atoms with Crippen LogP contribution in [0.25, 0.3) is 0 Å². The predicted octanol–water partition coefficient (Wildman–Crippen LogP) is 2.93. The molecule has 0 N–H and O–H groups in total. The number of hydrogen-bond acceptors (Lipinski definition) is 1. The van der Waals surface area contributed by atoms with Gasteiger partial charge < -0.3 is 4.90 Å². The minimum Gasteiger partial charge on any atom is -0.303 e. The van der Waals surface area contributed by atoms with E-state index in [1.54, 1.807) is 0 Å². The second-order valence-electron chi connectivity index (χ2n) is 4.12. The van der Waals surface area contributed by atoms with Gasteiger partial charge in [-0.15, -0.1) is 0 Å². The molecule has 0 bridgehead atoms. The Bertz CT molecular complexity index is 136. The fourth-order valence-electron chi connectivity index (χ4n) is 1.42. The van der Waals surface area contributed by atoms with Gasteiger partial charge in [-0.25, -0.2) is 0 Å². The van der Waals surface area contributed by atoms with Crippen molar-refractivity contribution < 1.29 is 0 Å². The fourth-order valence-corrected chi connectivity index (χ4v) is 1.42. The van der Waals surface area contributed by atoms with Crippen LogP contribution in [0.3, 0.4) is 0 Å². The molecule has 12 heavy (non-hydrogen) atoms. The molecule has 0 saturated carbocycles. The summed E-state index contributed by atoms with van der Waals surface area (Å²) < 4.78 is 0. The SMILES string of the molecule is C=C(CC)C(CC(C)C)N(C)C. The number of likely N-dealkylation sites (N-methyl/N-ethyl adjacent to an activating group) is 1. The quantitative estimate of drug-likeness (QED) is 0.572. The molecule has 0 aliphatic rings. The summed E-state index contributed by atoms with van der Waals surface area (Å²) >= 11 is 0. The highest BCUT2D eigenvalue weighted by molar-refractivity contribution is 5.04. The van der Waals surface area contributed by atoms with E-state index in [1.165, 1.54) is 12.0 Å². The van der Waals surface area contributed by atoms with Crippen molar-refractivity contribution in [3.8, 4) is 0 Å². The van der Waals surface area contributed by atoms with Crippen molar-refractivity contribution in [2.75, 3.05) is 14.1 Å². The van der Waals surface area contributed by atoms with E-state index in [9.17, 15) is 0 Å². The van der Waals surface area contributed by atoms with Gasteiger partial charge in [0.15, 0.2) is 0 Å². The molecule has 0 spiro atoms. The standard InChI is InChI=1S/C11H23N/c1-7-10(4)11(12(5)6)8-9(2)3/h9,11H,4,7-8H2,1-3,5-6H3. The summed E-state index contributed by atoms with van der Waals surface area (Å²) in [5.74, 6) is 0.751. The fraction of sp³-hybridized carbons (Fsp3) is 0.818. The Morgan fingerprint density at radius 3 is 2.08 bits per heavy atom. The van der Waals surface area contributed by atoms with E-state index in [-0.39, 0.29) is 0 Å². The molecule has 0 amide bonds. The topological polar surface area (TPSA) is 3.24 Å². The van der Waals surface area contributed by atoms with Gasteiger partial charge in [-0.3, -0.25) is 0 Å². The third kappa shape index (κ3) is 3.91. The molecule has 1 nitrogen and oxygen atoms in total. The highest BCUT2D eigenvalue weighted by atomic mass is 15.1. The molecule has 0 fully saturated rings. The molecule has 0 aliphatic heterocycles. The van der Waals surface area contributed by atoms with Gasteiger partial charge in [-0.05, 0) is 32.9 Å². The van der Waals surface area contributed by atoms with Crippen LogP contribution < -0.4 is 0 Å². The van der Waals surface area contributed by atoms with Crippen LogP contribution in [0.1, 0.15) is 33.6 Å². The lowest BCUT2D eigenvalue weighted by Crippen LogP contribution is -2.30. The smallest absolute Gasteiger partial charge is 0.0301 e. The zero-order chi connectivity index (χ0) is 9.72. The summed E-state index contributed by atoms with van der Waals surface area (Å²) in [4.78, 5) is 2.27. The molecule has 0 rings (SSSR count). The molecule has 0 aromatic rings. The van der Waals surface area contributed by atoms with E-state index >= 15 is 0 Å². The van der Waals surface area contributed by atoms with Crippen molar-refractivity contribution in [2.45, 2.75) is 39.7 Å². The monoisotopic (exact) mass is 169 g/mol. The molecule has 0 heterocycles. The second kappa shape index (κ2) is 5.36. The average molecular weight is 169 g/mol. The molecule has 0 aromatic heterocycles. The van der Waals surface area contributed by atoms with Crippen molar-refractivity contribution in [3.63, 3.8) is 0 Å². The Morgan fingerprint density at radius 2 is 1.83 bits per heavy atom. The third-order valence-electron chi connectivity index (χ3n) is 2.24. The Balaban J connectivity index is 4.13. The zero-order valence-corrected chi connectivity index (χ0v) is 9.22. The van der Waals surface area contributed by atoms with Gasteiger partial charge in [0.1, 0.15) is 0 Å². The van der Waals surface area contributed by atoms with Gasteiger partial charge in [-0.2, -0.15) is 0 Å². The first-order valence-electron chi connectivity index (χ1n) is 4.83. The van der Waals surface area contributed by atoms with E-state index in [1.807, 2.05) is 0 Å². The van der Waals surface area contributed by atoms with E-state index in [2.05, 4.69) is 46.3 Å². The Hall–Kier alpha value is -0.300. The first-order chi connectivity index (χ1) is 5.49. The summed E-state index contributed by atoms with van der Waals surface area (Å²) in [6.07, 6.45) is 2.31. The van der Waals surface area contributed by atoms with Crippen molar-refractivity contribution >= 4 is 0 Å². The highest BCUT2D eigenvalue weighted by Crippen LogP contribution is 2.17. The minimum absolute atomic E-state index is 0.565. The molecule has 72 valence electrons. The maximum absolute atomic E-state index is 4.11. The van der Waals surface area contributed by atoms with Crippen LogP contribution in [-0.4, -0.2) is 25.0 Å². The van der Waals surface area contributed by atoms with E-state index in [4.69, 9.17) is 0 Å². The summed E-state index contributed by atoms with van der Waals surface area (Å²) in [6, 6.07) is 0.565. The molecule has 0 aliphatic carbocycles. The van der Waals surface area contributed by atoms with Crippen molar-refractivity contribution in [1.82, 2.24) is 4.90 Å². The van der Waals surface area contributed by atoms with Crippen LogP contribution in [0.5, 0.6) is 0 Å². The van der Waals surface area contributed by atoms with Gasteiger partial charge >= 0.3 is 0 Å². The Labute approximate surface area is 77.5 Å². The normalized spacial score (nSPS) is 13.9. The van der Waals surface area contributed by atoms with Gasteiger partial charge in [-0.1, -0.05) is 32.9 Å². The van der Waals surface area contributed by atoms with Crippen LogP contribution in [0, 0.1) is 5.92 Å². The lowest BCUT2D eigenvalue weighted by Gasteiger charge is -2.27. The van der Waals surface area contributed by atoms with E-state index < -0.39 is 0 Å². The maximum Gasteiger partial charge on any atom is 0.0301 e. The largest absolute Gasteiger partial charge is 0.303 e. The van der Waals surface area contributed by atoms with Crippen LogP contribution >= 0.6 is 0 Å². The van der Waals surface area contributed by atoms with Crippen molar-refractivity contribution in [2.24, 2.45) is 5.92 Å². The van der Waals surface area contributed by atoms with Crippen LogP contribution in [-0.2, 0) is 0 Å². The van der Waals surface area contributed by atoms with Gasteiger partial charge in [0, 0.05) is 6.04 Å². The predicted molar refractivity (Wildman–Crippen MR) is 56.4 cm³/mol. The van der Waals surface area contributed by atoms with Crippen LogP contribution in [0.15, 0.2) is 12.2 Å². The van der Waals surface area contributed by atoms with Gasteiger partial charge in [0.05, 0.1) is 0 Å². The lowest BCUT2D eigenvalue weighted by molar-refractivity contribution is 0.285. The molecule has 0 saturated heterocycles. The number of rotatable bonds is 5. The van der Waals surface area contributed by atoms with Crippen LogP contribution in [0.2, 0.25) is 0 Å². The molecule has 1 atom stereocenters.